The van der Waals surface area contributed by atoms with Gasteiger partial charge < -0.3 is 40.6 Å². The molecule has 230 valence electrons. The average molecular weight is 593 g/mol. The first kappa shape index (κ1) is 28.4. The highest BCUT2D eigenvalue weighted by Crippen LogP contribution is 2.45. The van der Waals surface area contributed by atoms with Gasteiger partial charge in [-0.2, -0.15) is 0 Å². The first-order valence-corrected chi connectivity index (χ1v) is 15.1. The Morgan fingerprint density at radius 2 is 1.93 bits per heavy atom. The van der Waals surface area contributed by atoms with E-state index in [0.717, 1.165) is 38.0 Å². The maximum Gasteiger partial charge on any atom is 0.224 e. The molecule has 0 spiro atoms. The lowest BCUT2D eigenvalue weighted by Crippen LogP contribution is -2.48. The van der Waals surface area contributed by atoms with Crippen LogP contribution in [0.3, 0.4) is 0 Å². The zero-order valence-electron chi connectivity index (χ0n) is 24.8. The maximum absolute atomic E-state index is 12.7. The molecule has 3 aromatic rings. The van der Waals surface area contributed by atoms with Crippen molar-refractivity contribution in [3.63, 3.8) is 0 Å². The number of hydrogen-bond acceptors (Lipinski definition) is 11. The molecule has 0 bridgehead atoms. The van der Waals surface area contributed by atoms with Crippen LogP contribution >= 0.6 is 0 Å². The molecule has 5 heterocycles. The van der Waals surface area contributed by atoms with Crippen LogP contribution in [0, 0.1) is 5.92 Å². The lowest BCUT2D eigenvalue weighted by Gasteiger charge is -2.42. The molecule has 4 fully saturated rings. The Morgan fingerprint density at radius 1 is 1.14 bits per heavy atom. The average Bonchev–Trinajstić information content (AvgIpc) is 3.56. The Hall–Kier alpha value is -3.36. The molecule has 7 rings (SSSR count). The second kappa shape index (κ2) is 11.0. The quantitative estimate of drug-likeness (QED) is 0.313. The van der Waals surface area contributed by atoms with Crippen molar-refractivity contribution in [1.82, 2.24) is 24.4 Å². The summed E-state index contributed by atoms with van der Waals surface area (Å²) in [7, 11) is 2.13. The van der Waals surface area contributed by atoms with Gasteiger partial charge in [-0.15, -0.1) is 0 Å². The van der Waals surface area contributed by atoms with Crippen LogP contribution in [0.1, 0.15) is 57.2 Å². The Bertz CT molecular complexity index is 1500. The number of ether oxygens (including phenoxy) is 4. The number of nitrogens with zero attached hydrogens (tertiary/aromatic N) is 5. The number of amides is 1. The number of carbonyl (C=O) groups is 1. The Kier molecular flexibility index (Phi) is 7.25. The zero-order chi connectivity index (χ0) is 29.9. The van der Waals surface area contributed by atoms with Gasteiger partial charge in [0.1, 0.15) is 30.2 Å². The fourth-order valence-corrected chi connectivity index (χ4v) is 6.73. The highest BCUT2D eigenvalue weighted by atomic mass is 16.8. The first-order chi connectivity index (χ1) is 20.6. The lowest BCUT2D eigenvalue weighted by molar-refractivity contribution is -0.198. The number of rotatable bonds is 9. The standard InChI is InChI=1S/C30H40N8O5/c1-30(2)42-25-22(41-29(26(25)43-30)38-15-35-24-27(32)33-14-34-28(24)38)11-37(3)19-8-16(9-19)4-7-23(39)36-21-10-17(5-6-20(21)31)18-12-40-13-18/h5-6,10,14-16,18-19,22,25-26,29H,4,7-9,11-13,31H2,1-3H3,(H,36,39)(H2,32,33,34)/t16?,19?,22?,25-,26-,29-/m1/s1. The van der Waals surface area contributed by atoms with Gasteiger partial charge in [0.15, 0.2) is 23.5 Å². The second-order valence-corrected chi connectivity index (χ2v) is 12.8. The van der Waals surface area contributed by atoms with Gasteiger partial charge in [0, 0.05) is 24.9 Å². The van der Waals surface area contributed by atoms with Crippen molar-refractivity contribution in [3.05, 3.63) is 36.4 Å². The highest BCUT2D eigenvalue weighted by Gasteiger charge is 2.56. The van der Waals surface area contributed by atoms with Crippen LogP contribution in [0.25, 0.3) is 11.2 Å². The molecule has 4 atom stereocenters. The summed E-state index contributed by atoms with van der Waals surface area (Å²) < 4.78 is 26.4. The third-order valence-corrected chi connectivity index (χ3v) is 9.33. The summed E-state index contributed by atoms with van der Waals surface area (Å²) in [6, 6.07) is 6.27. The number of fused-ring (bicyclic) bond motifs is 2. The van der Waals surface area contributed by atoms with Crippen LogP contribution in [-0.2, 0) is 23.7 Å². The van der Waals surface area contributed by atoms with E-state index >= 15 is 0 Å². The van der Waals surface area contributed by atoms with E-state index in [1.165, 1.54) is 6.33 Å². The molecule has 1 aromatic carbocycles. The number of imidazole rings is 1. The van der Waals surface area contributed by atoms with Gasteiger partial charge in [0.05, 0.1) is 30.9 Å². The SMILES string of the molecule is CN(CC1O[C@@H](n2cnc3c(N)ncnc32)[C@@H]2OC(C)(C)O[C@H]12)C1CC(CCC(=O)Nc2cc(C3COC3)ccc2N)C1. The minimum atomic E-state index is -0.724. The molecule has 13 nitrogen and oxygen atoms in total. The van der Waals surface area contributed by atoms with E-state index in [9.17, 15) is 4.79 Å². The predicted octanol–water partition coefficient (Wildman–Crippen LogP) is 2.65. The fraction of sp³-hybridized carbons (Fsp3) is 0.600. The van der Waals surface area contributed by atoms with Crippen molar-refractivity contribution in [2.45, 2.75) is 81.8 Å². The molecule has 3 saturated heterocycles. The number of hydrogen-bond donors (Lipinski definition) is 3. The molecule has 5 N–H and O–H groups in total. The molecular weight excluding hydrogens is 552 g/mol. The molecule has 4 aliphatic rings. The summed E-state index contributed by atoms with van der Waals surface area (Å²) in [5.41, 5.74) is 15.7. The van der Waals surface area contributed by atoms with Crippen molar-refractivity contribution < 1.29 is 23.7 Å². The van der Waals surface area contributed by atoms with E-state index in [0.29, 0.717) is 59.2 Å². The molecule has 1 aliphatic carbocycles. The number of benzene rings is 1. The number of anilines is 3. The van der Waals surface area contributed by atoms with E-state index in [1.54, 1.807) is 6.33 Å². The molecule has 1 saturated carbocycles. The van der Waals surface area contributed by atoms with E-state index in [2.05, 4.69) is 32.2 Å². The largest absolute Gasteiger partial charge is 0.397 e. The number of likely N-dealkylation sites (N-methyl/N-ethyl adjacent to an activating group) is 1. The van der Waals surface area contributed by atoms with Crippen LogP contribution in [0.4, 0.5) is 17.2 Å². The van der Waals surface area contributed by atoms with Crippen LogP contribution in [0.15, 0.2) is 30.9 Å². The van der Waals surface area contributed by atoms with Gasteiger partial charge in [-0.25, -0.2) is 15.0 Å². The maximum atomic E-state index is 12.7. The smallest absolute Gasteiger partial charge is 0.224 e. The van der Waals surface area contributed by atoms with Gasteiger partial charge in [-0.05, 0) is 63.8 Å². The lowest BCUT2D eigenvalue weighted by atomic mass is 9.76. The van der Waals surface area contributed by atoms with Crippen LogP contribution in [0.2, 0.25) is 0 Å². The van der Waals surface area contributed by atoms with Crippen molar-refractivity contribution >= 4 is 34.3 Å². The summed E-state index contributed by atoms with van der Waals surface area (Å²) in [6.45, 7) is 5.98. The Balaban J connectivity index is 0.923. The van der Waals surface area contributed by atoms with E-state index in [1.807, 2.05) is 36.6 Å². The number of nitrogen functional groups attached to an aromatic ring is 2. The number of carbonyl (C=O) groups excluding carboxylic acids is 1. The molecule has 1 amide bonds. The minimum Gasteiger partial charge on any atom is -0.397 e. The monoisotopic (exact) mass is 592 g/mol. The topological polar surface area (TPSA) is 165 Å². The second-order valence-electron chi connectivity index (χ2n) is 12.8. The highest BCUT2D eigenvalue weighted by molar-refractivity contribution is 5.94. The van der Waals surface area contributed by atoms with Crippen molar-refractivity contribution in [1.29, 1.82) is 0 Å². The molecule has 1 unspecified atom stereocenters. The summed E-state index contributed by atoms with van der Waals surface area (Å²) in [5, 5.41) is 3.02. The first-order valence-electron chi connectivity index (χ1n) is 15.1. The summed E-state index contributed by atoms with van der Waals surface area (Å²) in [4.78, 5) is 28.0. The zero-order valence-corrected chi connectivity index (χ0v) is 24.8. The molecule has 2 aromatic heterocycles. The number of nitrogens with one attached hydrogen (secondary N) is 1. The molecule has 3 aliphatic heterocycles. The Labute approximate surface area is 250 Å². The van der Waals surface area contributed by atoms with E-state index < -0.39 is 12.0 Å². The van der Waals surface area contributed by atoms with Crippen LogP contribution in [-0.4, -0.2) is 87.3 Å². The van der Waals surface area contributed by atoms with Gasteiger partial charge in [0.2, 0.25) is 5.91 Å². The van der Waals surface area contributed by atoms with Crippen molar-refractivity contribution in [2.24, 2.45) is 5.92 Å². The summed E-state index contributed by atoms with van der Waals surface area (Å²) in [5.74, 6) is 0.491. The summed E-state index contributed by atoms with van der Waals surface area (Å²) >= 11 is 0. The fourth-order valence-electron chi connectivity index (χ4n) is 6.73. The van der Waals surface area contributed by atoms with Crippen LogP contribution in [0.5, 0.6) is 0 Å². The van der Waals surface area contributed by atoms with E-state index in [4.69, 9.17) is 30.4 Å². The third-order valence-electron chi connectivity index (χ3n) is 9.33. The van der Waals surface area contributed by atoms with Crippen molar-refractivity contribution in [2.75, 3.05) is 43.6 Å². The van der Waals surface area contributed by atoms with Gasteiger partial charge >= 0.3 is 0 Å². The predicted molar refractivity (Wildman–Crippen MR) is 159 cm³/mol. The Morgan fingerprint density at radius 3 is 2.70 bits per heavy atom. The van der Waals surface area contributed by atoms with Crippen LogP contribution < -0.4 is 16.8 Å². The minimum absolute atomic E-state index is 0.00185. The molecular formula is C30H40N8O5. The summed E-state index contributed by atoms with van der Waals surface area (Å²) in [6.07, 6.45) is 5.32. The third kappa shape index (κ3) is 5.44. The molecule has 0 radical (unpaired) electrons. The van der Waals surface area contributed by atoms with E-state index in [-0.39, 0.29) is 24.2 Å². The van der Waals surface area contributed by atoms with Crippen molar-refractivity contribution in [3.8, 4) is 0 Å². The van der Waals surface area contributed by atoms with Gasteiger partial charge in [-0.1, -0.05) is 6.07 Å². The van der Waals surface area contributed by atoms with Gasteiger partial charge in [0.25, 0.3) is 0 Å². The normalized spacial score (nSPS) is 29.9. The number of nitrogens with two attached hydrogens (primary N) is 2. The molecule has 13 heteroatoms. The number of aromatic nitrogens is 4. The van der Waals surface area contributed by atoms with Gasteiger partial charge in [-0.3, -0.25) is 9.36 Å². The molecule has 43 heavy (non-hydrogen) atoms.